The van der Waals surface area contributed by atoms with Gasteiger partial charge in [0.1, 0.15) is 6.54 Å². The molecule has 1 aromatic carbocycles. The van der Waals surface area contributed by atoms with Crippen LogP contribution in [0.4, 0.5) is 0 Å². The second-order valence-electron chi connectivity index (χ2n) is 6.51. The number of hydrogen-bond donors (Lipinski definition) is 1. The lowest BCUT2D eigenvalue weighted by molar-refractivity contribution is -0.122. The van der Waals surface area contributed by atoms with Gasteiger partial charge in [-0.2, -0.15) is 0 Å². The Balaban J connectivity index is 1.55. The molecule has 0 bridgehead atoms. The minimum absolute atomic E-state index is 0.0631. The van der Waals surface area contributed by atoms with Crippen LogP contribution in [0.2, 0.25) is 0 Å². The van der Waals surface area contributed by atoms with E-state index < -0.39 is 0 Å². The summed E-state index contributed by atoms with van der Waals surface area (Å²) in [6.07, 6.45) is 3.56. The minimum Gasteiger partial charge on any atom is -0.383 e. The van der Waals surface area contributed by atoms with Crippen LogP contribution in [-0.2, 0) is 16.1 Å². The van der Waals surface area contributed by atoms with Crippen molar-refractivity contribution < 1.29 is 9.53 Å². The predicted octanol–water partition coefficient (Wildman–Crippen LogP) is 1.23. The topological polar surface area (TPSA) is 63.6 Å². The van der Waals surface area contributed by atoms with Gasteiger partial charge in [0.15, 0.2) is 0 Å². The van der Waals surface area contributed by atoms with E-state index in [0.29, 0.717) is 5.39 Å². The number of piperidine rings is 1. The van der Waals surface area contributed by atoms with E-state index in [2.05, 4.69) is 10.2 Å². The first-order chi connectivity index (χ1) is 12.2. The number of benzene rings is 1. The highest BCUT2D eigenvalue weighted by Crippen LogP contribution is 2.10. The molecule has 2 aromatic rings. The fraction of sp³-hybridized carbons (Fsp3) is 0.474. The van der Waals surface area contributed by atoms with Crippen molar-refractivity contribution in [3.8, 4) is 0 Å². The Labute approximate surface area is 147 Å². The Hall–Kier alpha value is -2.18. The van der Waals surface area contributed by atoms with Crippen LogP contribution in [0.3, 0.4) is 0 Å². The van der Waals surface area contributed by atoms with Crippen LogP contribution < -0.4 is 10.9 Å². The predicted molar refractivity (Wildman–Crippen MR) is 97.7 cm³/mol. The van der Waals surface area contributed by atoms with E-state index in [4.69, 9.17) is 4.74 Å². The molecule has 1 saturated heterocycles. The Morgan fingerprint density at radius 1 is 1.24 bits per heavy atom. The van der Waals surface area contributed by atoms with Crippen LogP contribution in [0.1, 0.15) is 12.8 Å². The van der Waals surface area contributed by atoms with Crippen LogP contribution >= 0.6 is 0 Å². The normalized spacial score (nSPS) is 16.2. The molecule has 0 radical (unpaired) electrons. The number of fused-ring (bicyclic) bond motifs is 1. The summed E-state index contributed by atoms with van der Waals surface area (Å²) in [7, 11) is 1.71. The van der Waals surface area contributed by atoms with Gasteiger partial charge in [0.05, 0.1) is 6.61 Å². The molecule has 1 aliphatic heterocycles. The highest BCUT2D eigenvalue weighted by atomic mass is 16.5. The van der Waals surface area contributed by atoms with Gasteiger partial charge in [0.2, 0.25) is 5.91 Å². The van der Waals surface area contributed by atoms with Crippen molar-refractivity contribution >= 4 is 16.7 Å². The maximum Gasteiger partial charge on any atom is 0.258 e. The van der Waals surface area contributed by atoms with Crippen LogP contribution in [0.25, 0.3) is 10.8 Å². The number of ether oxygens (including phenoxy) is 1. The van der Waals surface area contributed by atoms with Crippen LogP contribution in [0.5, 0.6) is 0 Å². The maximum absolute atomic E-state index is 12.5. The molecule has 3 rings (SSSR count). The summed E-state index contributed by atoms with van der Waals surface area (Å²) in [5, 5.41) is 4.60. The molecule has 6 heteroatoms. The molecule has 0 unspecified atom stereocenters. The van der Waals surface area contributed by atoms with Gasteiger partial charge < -0.3 is 19.5 Å². The average Bonchev–Trinajstić information content (AvgIpc) is 2.64. The third-order valence-corrected chi connectivity index (χ3v) is 4.76. The third kappa shape index (κ3) is 4.46. The first-order valence-electron chi connectivity index (χ1n) is 8.76. The lowest BCUT2D eigenvalue weighted by Gasteiger charge is -2.32. The number of hydrogen-bond acceptors (Lipinski definition) is 4. The number of aromatic nitrogens is 1. The summed E-state index contributed by atoms with van der Waals surface area (Å²) in [6.45, 7) is 3.66. The number of carbonyl (C=O) groups excluding carboxylic acids is 1. The lowest BCUT2D eigenvalue weighted by atomic mass is 10.1. The van der Waals surface area contributed by atoms with Crippen molar-refractivity contribution in [1.82, 2.24) is 14.8 Å². The number of amides is 1. The summed E-state index contributed by atoms with van der Waals surface area (Å²) in [5.41, 5.74) is -0.123. The van der Waals surface area contributed by atoms with Crippen molar-refractivity contribution in [2.24, 2.45) is 0 Å². The number of methoxy groups -OCH3 is 1. The molecule has 25 heavy (non-hydrogen) atoms. The molecule has 2 heterocycles. The highest BCUT2D eigenvalue weighted by Gasteiger charge is 2.20. The van der Waals surface area contributed by atoms with E-state index in [-0.39, 0.29) is 24.1 Å². The number of carbonyl (C=O) groups is 1. The molecule has 1 aliphatic rings. The zero-order valence-electron chi connectivity index (χ0n) is 14.6. The molecular formula is C19H25N3O3. The molecule has 134 valence electrons. The molecule has 1 amide bonds. The highest BCUT2D eigenvalue weighted by molar-refractivity contribution is 5.82. The lowest BCUT2D eigenvalue weighted by Crippen LogP contribution is -2.46. The zero-order valence-corrected chi connectivity index (χ0v) is 14.6. The molecule has 0 atom stereocenters. The quantitative estimate of drug-likeness (QED) is 0.857. The largest absolute Gasteiger partial charge is 0.383 e. The van der Waals surface area contributed by atoms with Gasteiger partial charge in [-0.05, 0) is 30.4 Å². The van der Waals surface area contributed by atoms with Gasteiger partial charge in [-0.25, -0.2) is 0 Å². The summed E-state index contributed by atoms with van der Waals surface area (Å²) in [6, 6.07) is 9.49. The van der Waals surface area contributed by atoms with E-state index in [9.17, 15) is 9.59 Å². The van der Waals surface area contributed by atoms with Crippen molar-refractivity contribution in [3.63, 3.8) is 0 Å². The van der Waals surface area contributed by atoms with Crippen molar-refractivity contribution in [2.75, 3.05) is 33.4 Å². The number of pyridine rings is 1. The van der Waals surface area contributed by atoms with E-state index in [0.717, 1.165) is 44.5 Å². The van der Waals surface area contributed by atoms with E-state index in [1.165, 1.54) is 4.57 Å². The molecule has 1 aromatic heterocycles. The standard InChI is InChI=1S/C19H25N3O3/c1-25-13-12-21-9-7-16(8-10-21)20-18(23)14-22-11-6-15-4-2-3-5-17(15)19(22)24/h2-6,11,16H,7-10,12-14H2,1H3,(H,20,23). The SMILES string of the molecule is COCCN1CCC(NC(=O)Cn2ccc3ccccc3c2=O)CC1. The van der Waals surface area contributed by atoms with Gasteiger partial charge in [0, 0.05) is 44.4 Å². The van der Waals surface area contributed by atoms with Crippen molar-refractivity contribution in [1.29, 1.82) is 0 Å². The van der Waals surface area contributed by atoms with Crippen LogP contribution in [0, 0.1) is 0 Å². The summed E-state index contributed by atoms with van der Waals surface area (Å²) in [5.74, 6) is -0.104. The summed E-state index contributed by atoms with van der Waals surface area (Å²) < 4.78 is 6.58. The van der Waals surface area contributed by atoms with Gasteiger partial charge >= 0.3 is 0 Å². The molecular weight excluding hydrogens is 318 g/mol. The van der Waals surface area contributed by atoms with E-state index >= 15 is 0 Å². The molecule has 0 aliphatic carbocycles. The average molecular weight is 343 g/mol. The maximum atomic E-state index is 12.5. The first kappa shape index (κ1) is 17.6. The Kier molecular flexibility index (Phi) is 5.83. The Morgan fingerprint density at radius 3 is 2.76 bits per heavy atom. The molecule has 1 fully saturated rings. The number of rotatable bonds is 6. The zero-order chi connectivity index (χ0) is 17.6. The van der Waals surface area contributed by atoms with Crippen molar-refractivity contribution in [3.05, 3.63) is 46.9 Å². The second kappa shape index (κ2) is 8.27. The van der Waals surface area contributed by atoms with Crippen molar-refractivity contribution in [2.45, 2.75) is 25.4 Å². The Morgan fingerprint density at radius 2 is 2.00 bits per heavy atom. The van der Waals surface area contributed by atoms with Crippen LogP contribution in [0.15, 0.2) is 41.3 Å². The number of nitrogens with zero attached hydrogens (tertiary/aromatic N) is 2. The molecule has 6 nitrogen and oxygen atoms in total. The van der Waals surface area contributed by atoms with E-state index in [1.807, 2.05) is 24.3 Å². The number of nitrogens with one attached hydrogen (secondary N) is 1. The molecule has 0 saturated carbocycles. The summed E-state index contributed by atoms with van der Waals surface area (Å²) in [4.78, 5) is 27.1. The minimum atomic E-state index is -0.123. The third-order valence-electron chi connectivity index (χ3n) is 4.76. The Bertz CT molecular complexity index is 779. The van der Waals surface area contributed by atoms with Gasteiger partial charge in [-0.1, -0.05) is 18.2 Å². The first-order valence-corrected chi connectivity index (χ1v) is 8.76. The van der Waals surface area contributed by atoms with Gasteiger partial charge in [-0.3, -0.25) is 9.59 Å². The van der Waals surface area contributed by atoms with Gasteiger partial charge in [0.25, 0.3) is 5.56 Å². The molecule has 1 N–H and O–H groups in total. The fourth-order valence-electron chi connectivity index (χ4n) is 3.30. The van der Waals surface area contributed by atoms with E-state index in [1.54, 1.807) is 19.4 Å². The summed E-state index contributed by atoms with van der Waals surface area (Å²) >= 11 is 0. The fourth-order valence-corrected chi connectivity index (χ4v) is 3.30. The second-order valence-corrected chi connectivity index (χ2v) is 6.51. The van der Waals surface area contributed by atoms with Gasteiger partial charge in [-0.15, -0.1) is 0 Å². The monoisotopic (exact) mass is 343 g/mol. The number of likely N-dealkylation sites (tertiary alicyclic amines) is 1. The smallest absolute Gasteiger partial charge is 0.258 e. The van der Waals surface area contributed by atoms with Crippen LogP contribution in [-0.4, -0.2) is 54.8 Å². The molecule has 0 spiro atoms.